The van der Waals surface area contributed by atoms with E-state index in [-0.39, 0.29) is 66.2 Å². The molecule has 0 saturated carbocycles. The van der Waals surface area contributed by atoms with Gasteiger partial charge in [-0.3, -0.25) is 0 Å². The van der Waals surface area contributed by atoms with Crippen LogP contribution in [-0.4, -0.2) is 66.2 Å². The zero-order valence-electron chi connectivity index (χ0n) is 2.10. The molecule has 0 aromatic carbocycles. The molecule has 0 rings (SSSR count). The molecular weight excluding hydrogens is 196 g/mol. The molecular formula is AlBaO2. The summed E-state index contributed by atoms with van der Waals surface area (Å²) in [7, 11) is 0. The summed E-state index contributed by atoms with van der Waals surface area (Å²) < 4.78 is 0. The summed E-state index contributed by atoms with van der Waals surface area (Å²) in [6, 6.07) is 0. The molecule has 0 bridgehead atoms. The van der Waals surface area contributed by atoms with Crippen LogP contribution in [0.3, 0.4) is 0 Å². The second kappa shape index (κ2) is 19.9. The van der Waals surface area contributed by atoms with E-state index in [2.05, 4.69) is 0 Å². The molecule has 0 aromatic heterocycles. The Bertz CT molecular complexity index is 6.00. The van der Waals surface area contributed by atoms with Crippen molar-refractivity contribution in [3.63, 3.8) is 0 Å². The molecule has 4 heteroatoms. The van der Waals surface area contributed by atoms with Crippen molar-refractivity contribution in [1.82, 2.24) is 0 Å². The van der Waals surface area contributed by atoms with Crippen molar-refractivity contribution in [2.75, 3.05) is 0 Å². The molecule has 0 aliphatic carbocycles. The Morgan fingerprint density at radius 2 is 1.00 bits per heavy atom. The van der Waals surface area contributed by atoms with Crippen LogP contribution in [0.15, 0.2) is 0 Å². The molecule has 0 unspecified atom stereocenters. The summed E-state index contributed by atoms with van der Waals surface area (Å²) in [5, 5.41) is 14.0. The van der Waals surface area contributed by atoms with E-state index < -0.39 is 0 Å². The van der Waals surface area contributed by atoms with Gasteiger partial charge in [0.2, 0.25) is 0 Å². The van der Waals surface area contributed by atoms with Gasteiger partial charge in [0, 0.05) is 17.4 Å². The molecule has 0 aliphatic heterocycles. The predicted molar refractivity (Wildman–Crippen MR) is 11.5 cm³/mol. The Hall–Kier alpha value is 2.02. The Kier molecular flexibility index (Phi) is 82.6. The molecule has 0 aliphatic rings. The molecule has 0 atom stereocenters. The maximum Gasteiger partial charge on any atom is 2.00 e. The number of hydrogen-bond donors (Lipinski definition) is 0. The van der Waals surface area contributed by atoms with E-state index >= 15 is 0 Å². The van der Waals surface area contributed by atoms with Gasteiger partial charge < -0.3 is 10.5 Å². The first-order valence-electron chi connectivity index (χ1n) is 0.167. The fourth-order valence-corrected chi connectivity index (χ4v) is 0. The van der Waals surface area contributed by atoms with Crippen LogP contribution in [0, 0.1) is 0 Å². The van der Waals surface area contributed by atoms with E-state index in [0.717, 1.165) is 0 Å². The third-order valence-electron chi connectivity index (χ3n) is 0. The van der Waals surface area contributed by atoms with Crippen molar-refractivity contribution in [1.29, 1.82) is 0 Å². The molecule has 0 fully saturated rings. The van der Waals surface area contributed by atoms with Gasteiger partial charge in [-0.2, -0.15) is 0 Å². The zero-order valence-corrected chi connectivity index (χ0v) is 7.70. The summed E-state index contributed by atoms with van der Waals surface area (Å²) in [6.07, 6.45) is 0. The maximum absolute atomic E-state index is 7.00. The van der Waals surface area contributed by atoms with Crippen molar-refractivity contribution in [3.05, 3.63) is 0 Å². The van der Waals surface area contributed by atoms with Gasteiger partial charge in [-0.25, -0.2) is 0 Å². The van der Waals surface area contributed by atoms with Crippen molar-refractivity contribution < 1.29 is 10.5 Å². The first-order chi connectivity index (χ1) is 1.00. The number of rotatable bonds is 0. The monoisotopic (exact) mass is 197 g/mol. The van der Waals surface area contributed by atoms with E-state index in [9.17, 15) is 0 Å². The standard InChI is InChI=1S/Al.Ba.O2/c;;1-2/q;+2;-2. The quantitative estimate of drug-likeness (QED) is 0.233. The fraction of sp³-hybridized carbons (Fsp3) is 0. The normalized spacial score (nSPS) is 1.50. The van der Waals surface area contributed by atoms with Crippen molar-refractivity contribution in [2.45, 2.75) is 0 Å². The van der Waals surface area contributed by atoms with Crippen LogP contribution in [0.5, 0.6) is 0 Å². The zero-order chi connectivity index (χ0) is 2.00. The van der Waals surface area contributed by atoms with Gasteiger partial charge in [-0.05, 0) is 0 Å². The van der Waals surface area contributed by atoms with Crippen LogP contribution in [0.4, 0.5) is 0 Å². The smallest absolute Gasteiger partial charge is 1.00 e. The Balaban J connectivity index is -0.00000000500. The van der Waals surface area contributed by atoms with Crippen molar-refractivity contribution in [2.24, 2.45) is 0 Å². The third kappa shape index (κ3) is 8.98. The Labute approximate surface area is 75.3 Å². The molecule has 17 valence electrons. The third-order valence-corrected chi connectivity index (χ3v) is 0. The molecule has 4 heavy (non-hydrogen) atoms. The largest absolute Gasteiger partial charge is 2.00 e. The van der Waals surface area contributed by atoms with Gasteiger partial charge in [-0.15, -0.1) is 0 Å². The first kappa shape index (κ1) is 16.6. The average molecular weight is 196 g/mol. The molecule has 0 spiro atoms. The van der Waals surface area contributed by atoms with Crippen molar-refractivity contribution in [3.8, 4) is 0 Å². The summed E-state index contributed by atoms with van der Waals surface area (Å²) in [5.74, 6) is 0. The Morgan fingerprint density at radius 1 is 1.00 bits per heavy atom. The Morgan fingerprint density at radius 3 is 1.00 bits per heavy atom. The molecule has 3 radical (unpaired) electrons. The topological polar surface area (TPSA) is 46.1 Å². The molecule has 0 aromatic rings. The summed E-state index contributed by atoms with van der Waals surface area (Å²) >= 11 is 0. The van der Waals surface area contributed by atoms with Gasteiger partial charge in [-0.1, -0.05) is 0 Å². The van der Waals surface area contributed by atoms with Gasteiger partial charge in [0.05, 0.1) is 0 Å². The molecule has 0 N–H and O–H groups in total. The second-order valence-electron chi connectivity index (χ2n) is 0. The van der Waals surface area contributed by atoms with E-state index in [0.29, 0.717) is 0 Å². The second-order valence-corrected chi connectivity index (χ2v) is 0. The average Bonchev–Trinajstić information content (AvgIpc) is 1.00. The minimum atomic E-state index is 0. The van der Waals surface area contributed by atoms with Crippen LogP contribution in [0.2, 0.25) is 0 Å². The minimum absolute atomic E-state index is 0. The number of hydrogen-bond acceptors (Lipinski definition) is 2. The summed E-state index contributed by atoms with van der Waals surface area (Å²) in [6.45, 7) is 0. The predicted octanol–water partition coefficient (Wildman–Crippen LogP) is -3.14. The van der Waals surface area contributed by atoms with Crippen LogP contribution in [-0.2, 0) is 0 Å². The molecule has 0 saturated heterocycles. The molecule has 0 heterocycles. The summed E-state index contributed by atoms with van der Waals surface area (Å²) in [5.41, 5.74) is 0. The van der Waals surface area contributed by atoms with E-state index in [1.807, 2.05) is 0 Å². The van der Waals surface area contributed by atoms with E-state index in [1.165, 1.54) is 0 Å². The van der Waals surface area contributed by atoms with Crippen LogP contribution in [0.25, 0.3) is 0 Å². The molecule has 2 nitrogen and oxygen atoms in total. The summed E-state index contributed by atoms with van der Waals surface area (Å²) in [4.78, 5) is 0. The van der Waals surface area contributed by atoms with Crippen LogP contribution >= 0.6 is 0 Å². The van der Waals surface area contributed by atoms with Crippen molar-refractivity contribution >= 4 is 66.2 Å². The van der Waals surface area contributed by atoms with E-state index in [4.69, 9.17) is 10.5 Å². The van der Waals surface area contributed by atoms with Gasteiger partial charge in [0.15, 0.2) is 0 Å². The fourth-order valence-electron chi connectivity index (χ4n) is 0. The van der Waals surface area contributed by atoms with Gasteiger partial charge in [0.1, 0.15) is 0 Å². The van der Waals surface area contributed by atoms with Crippen LogP contribution < -0.4 is 10.5 Å². The van der Waals surface area contributed by atoms with Gasteiger partial charge >= 0.3 is 48.9 Å². The van der Waals surface area contributed by atoms with Gasteiger partial charge in [0.25, 0.3) is 0 Å². The SMILES string of the molecule is [Al].[Ba+2].[O-][O-]. The maximum atomic E-state index is 7.00. The molecule has 0 amide bonds. The minimum Gasteiger partial charge on any atom is -1.00 e. The van der Waals surface area contributed by atoms with E-state index in [1.54, 1.807) is 0 Å². The van der Waals surface area contributed by atoms with Crippen LogP contribution in [0.1, 0.15) is 0 Å². The first-order valence-corrected chi connectivity index (χ1v) is 0.167.